The summed E-state index contributed by atoms with van der Waals surface area (Å²) >= 11 is 1.56. The summed E-state index contributed by atoms with van der Waals surface area (Å²) in [6.45, 7) is 3.97. The van der Waals surface area contributed by atoms with Crippen molar-refractivity contribution in [1.82, 2.24) is 10.3 Å². The van der Waals surface area contributed by atoms with Gasteiger partial charge < -0.3 is 5.32 Å². The van der Waals surface area contributed by atoms with E-state index in [2.05, 4.69) is 16.9 Å². The summed E-state index contributed by atoms with van der Waals surface area (Å²) in [4.78, 5) is 14.8. The molecule has 1 N–H and O–H groups in total. The number of carbonyl (C=O) groups is 1. The predicted molar refractivity (Wildman–Crippen MR) is 49.0 cm³/mol. The van der Waals surface area contributed by atoms with E-state index >= 15 is 0 Å². The fraction of sp³-hybridized carbons (Fsp3) is 0.250. The number of rotatable bonds is 4. The smallest absolute Gasteiger partial charge is 0.243 e. The topological polar surface area (TPSA) is 42.0 Å². The molecule has 0 aliphatic rings. The Labute approximate surface area is 75.1 Å². The average molecular weight is 182 g/mol. The second-order valence-electron chi connectivity index (χ2n) is 2.22. The Morgan fingerprint density at radius 1 is 1.83 bits per heavy atom. The largest absolute Gasteiger partial charge is 0.352 e. The van der Waals surface area contributed by atoms with Gasteiger partial charge in [-0.05, 0) is 6.08 Å². The molecule has 3 nitrogen and oxygen atoms in total. The molecule has 1 aromatic heterocycles. The van der Waals surface area contributed by atoms with Crippen LogP contribution < -0.4 is 5.32 Å². The van der Waals surface area contributed by atoms with Crippen LogP contribution in [0.15, 0.2) is 23.5 Å². The molecular formula is C8H10N2OS. The summed E-state index contributed by atoms with van der Waals surface area (Å²) in [7, 11) is 0. The fourth-order valence-electron chi connectivity index (χ4n) is 0.747. The number of thiazole rings is 1. The Morgan fingerprint density at radius 3 is 3.25 bits per heavy atom. The molecule has 0 aromatic carbocycles. The number of nitrogens with one attached hydrogen (secondary N) is 1. The lowest BCUT2D eigenvalue weighted by molar-refractivity contribution is -0.116. The molecule has 1 rings (SSSR count). The maximum absolute atomic E-state index is 10.7. The van der Waals surface area contributed by atoms with E-state index in [-0.39, 0.29) is 5.91 Å². The molecule has 0 radical (unpaired) electrons. The van der Waals surface area contributed by atoms with Gasteiger partial charge in [0.05, 0.1) is 11.2 Å². The zero-order valence-electron chi connectivity index (χ0n) is 6.62. The van der Waals surface area contributed by atoms with Gasteiger partial charge in [0.1, 0.15) is 0 Å². The van der Waals surface area contributed by atoms with Crippen LogP contribution in [-0.4, -0.2) is 17.4 Å². The van der Waals surface area contributed by atoms with Gasteiger partial charge in [0.25, 0.3) is 0 Å². The second-order valence-corrected chi connectivity index (χ2v) is 2.94. The Kier molecular flexibility index (Phi) is 3.47. The standard InChI is InChI=1S/C8H10N2OS/c1-2-8(11)9-4-3-7-5-12-6-10-7/h2,5-6H,1,3-4H2,(H,9,11). The highest BCUT2D eigenvalue weighted by Crippen LogP contribution is 2.00. The lowest BCUT2D eigenvalue weighted by atomic mass is 10.3. The van der Waals surface area contributed by atoms with Crippen LogP contribution in [0.5, 0.6) is 0 Å². The monoisotopic (exact) mass is 182 g/mol. The van der Waals surface area contributed by atoms with E-state index in [1.807, 2.05) is 5.38 Å². The van der Waals surface area contributed by atoms with Gasteiger partial charge in [-0.2, -0.15) is 0 Å². The number of nitrogens with zero attached hydrogens (tertiary/aromatic N) is 1. The van der Waals surface area contributed by atoms with Crippen LogP contribution >= 0.6 is 11.3 Å². The molecule has 0 bridgehead atoms. The first kappa shape index (κ1) is 8.93. The highest BCUT2D eigenvalue weighted by molar-refractivity contribution is 7.07. The van der Waals surface area contributed by atoms with E-state index in [0.717, 1.165) is 12.1 Å². The zero-order chi connectivity index (χ0) is 8.81. The van der Waals surface area contributed by atoms with Crippen molar-refractivity contribution in [3.63, 3.8) is 0 Å². The molecular weight excluding hydrogens is 172 g/mol. The molecule has 0 aliphatic heterocycles. The molecule has 1 amide bonds. The second kappa shape index (κ2) is 4.66. The minimum atomic E-state index is -0.134. The number of aromatic nitrogens is 1. The first-order valence-corrected chi connectivity index (χ1v) is 4.54. The van der Waals surface area contributed by atoms with Crippen LogP contribution in [0.25, 0.3) is 0 Å². The molecule has 0 unspecified atom stereocenters. The van der Waals surface area contributed by atoms with Gasteiger partial charge in [-0.25, -0.2) is 4.98 Å². The van der Waals surface area contributed by atoms with Crippen molar-refractivity contribution >= 4 is 17.2 Å². The van der Waals surface area contributed by atoms with E-state index < -0.39 is 0 Å². The van der Waals surface area contributed by atoms with Crippen LogP contribution in [0.2, 0.25) is 0 Å². The highest BCUT2D eigenvalue weighted by Gasteiger charge is 1.95. The maximum atomic E-state index is 10.7. The first-order chi connectivity index (χ1) is 5.83. The molecule has 0 atom stereocenters. The van der Waals surface area contributed by atoms with Gasteiger partial charge in [0, 0.05) is 18.3 Å². The molecule has 0 spiro atoms. The normalized spacial score (nSPS) is 9.33. The number of carbonyl (C=O) groups excluding carboxylic acids is 1. The van der Waals surface area contributed by atoms with Gasteiger partial charge in [-0.15, -0.1) is 11.3 Å². The van der Waals surface area contributed by atoms with Crippen LogP contribution in [0.1, 0.15) is 5.69 Å². The van der Waals surface area contributed by atoms with E-state index in [1.54, 1.807) is 16.8 Å². The zero-order valence-corrected chi connectivity index (χ0v) is 7.43. The third-order valence-electron chi connectivity index (χ3n) is 1.35. The Morgan fingerprint density at radius 2 is 2.67 bits per heavy atom. The summed E-state index contributed by atoms with van der Waals surface area (Å²) in [5.41, 5.74) is 2.80. The summed E-state index contributed by atoms with van der Waals surface area (Å²) in [5.74, 6) is -0.134. The van der Waals surface area contributed by atoms with Crippen LogP contribution in [0.4, 0.5) is 0 Å². The number of hydrogen-bond donors (Lipinski definition) is 1. The molecule has 64 valence electrons. The summed E-state index contributed by atoms with van der Waals surface area (Å²) < 4.78 is 0. The van der Waals surface area contributed by atoms with Gasteiger partial charge in [-0.1, -0.05) is 6.58 Å². The summed E-state index contributed by atoms with van der Waals surface area (Å²) in [6.07, 6.45) is 2.05. The molecule has 12 heavy (non-hydrogen) atoms. The third kappa shape index (κ3) is 2.84. The van der Waals surface area contributed by atoms with Crippen molar-refractivity contribution in [2.24, 2.45) is 0 Å². The van der Waals surface area contributed by atoms with E-state index in [4.69, 9.17) is 0 Å². The Hall–Kier alpha value is -1.16. The van der Waals surface area contributed by atoms with E-state index in [9.17, 15) is 4.79 Å². The molecule has 1 aromatic rings. The van der Waals surface area contributed by atoms with Gasteiger partial charge in [0.2, 0.25) is 5.91 Å². The Bertz CT molecular complexity index is 256. The quantitative estimate of drug-likeness (QED) is 0.705. The minimum Gasteiger partial charge on any atom is -0.352 e. The van der Waals surface area contributed by atoms with Crippen molar-refractivity contribution in [3.05, 3.63) is 29.2 Å². The third-order valence-corrected chi connectivity index (χ3v) is 1.98. The molecule has 0 saturated heterocycles. The lowest BCUT2D eigenvalue weighted by Gasteiger charge is -1.98. The molecule has 0 saturated carbocycles. The van der Waals surface area contributed by atoms with Crippen LogP contribution in [0.3, 0.4) is 0 Å². The summed E-state index contributed by atoms with van der Waals surface area (Å²) in [6, 6.07) is 0. The Balaban J connectivity index is 2.19. The molecule has 0 fully saturated rings. The molecule has 1 heterocycles. The van der Waals surface area contributed by atoms with Gasteiger partial charge >= 0.3 is 0 Å². The summed E-state index contributed by atoms with van der Waals surface area (Å²) in [5, 5.41) is 4.65. The number of amides is 1. The van der Waals surface area contributed by atoms with Crippen molar-refractivity contribution < 1.29 is 4.79 Å². The van der Waals surface area contributed by atoms with E-state index in [0.29, 0.717) is 6.54 Å². The minimum absolute atomic E-state index is 0.134. The fourth-order valence-corrected chi connectivity index (χ4v) is 1.34. The maximum Gasteiger partial charge on any atom is 0.243 e. The van der Waals surface area contributed by atoms with Crippen LogP contribution in [-0.2, 0) is 11.2 Å². The number of hydrogen-bond acceptors (Lipinski definition) is 3. The highest BCUT2D eigenvalue weighted by atomic mass is 32.1. The van der Waals surface area contributed by atoms with Crippen molar-refractivity contribution in [1.29, 1.82) is 0 Å². The lowest BCUT2D eigenvalue weighted by Crippen LogP contribution is -2.23. The van der Waals surface area contributed by atoms with Gasteiger partial charge in [0.15, 0.2) is 0 Å². The van der Waals surface area contributed by atoms with E-state index in [1.165, 1.54) is 6.08 Å². The van der Waals surface area contributed by atoms with Crippen molar-refractivity contribution in [2.45, 2.75) is 6.42 Å². The predicted octanol–water partition coefficient (Wildman–Crippen LogP) is 0.988. The van der Waals surface area contributed by atoms with Crippen molar-refractivity contribution in [2.75, 3.05) is 6.54 Å². The van der Waals surface area contributed by atoms with Crippen molar-refractivity contribution in [3.8, 4) is 0 Å². The molecule has 0 aliphatic carbocycles. The first-order valence-electron chi connectivity index (χ1n) is 3.60. The molecule has 4 heteroatoms. The SMILES string of the molecule is C=CC(=O)NCCc1cscn1. The van der Waals surface area contributed by atoms with Gasteiger partial charge in [-0.3, -0.25) is 4.79 Å². The average Bonchev–Trinajstić information content (AvgIpc) is 2.57. The van der Waals surface area contributed by atoms with Crippen LogP contribution in [0, 0.1) is 0 Å².